The molecule has 1 aliphatic heterocycles. The smallest absolute Gasteiger partial charge is 0.311 e. The minimum atomic E-state index is -0.341. The summed E-state index contributed by atoms with van der Waals surface area (Å²) in [5, 5.41) is 0. The van der Waals surface area contributed by atoms with Crippen molar-refractivity contribution >= 4 is 17.6 Å². The lowest BCUT2D eigenvalue weighted by atomic mass is 10.0. The van der Waals surface area contributed by atoms with Gasteiger partial charge in [-0.3, -0.25) is 9.59 Å². The van der Waals surface area contributed by atoms with Gasteiger partial charge in [0.15, 0.2) is 0 Å². The number of esters is 1. The first-order chi connectivity index (χ1) is 9.52. The van der Waals surface area contributed by atoms with E-state index in [1.807, 2.05) is 24.3 Å². The van der Waals surface area contributed by atoms with Crippen molar-refractivity contribution in [2.24, 2.45) is 5.92 Å². The first-order valence-electron chi connectivity index (χ1n) is 7.10. The Bertz CT molecular complexity index is 493. The number of hydrogen-bond donors (Lipinski definition) is 0. The largest absolute Gasteiger partial charge is 0.466 e. The van der Waals surface area contributed by atoms with Gasteiger partial charge in [-0.15, -0.1) is 0 Å². The van der Waals surface area contributed by atoms with Gasteiger partial charge in [0.1, 0.15) is 0 Å². The van der Waals surface area contributed by atoms with Crippen LogP contribution in [0.3, 0.4) is 0 Å². The molecule has 20 heavy (non-hydrogen) atoms. The van der Waals surface area contributed by atoms with Crippen LogP contribution < -0.4 is 4.90 Å². The molecule has 0 saturated carbocycles. The van der Waals surface area contributed by atoms with E-state index in [0.717, 1.165) is 5.69 Å². The zero-order valence-electron chi connectivity index (χ0n) is 12.3. The van der Waals surface area contributed by atoms with E-state index in [0.29, 0.717) is 19.1 Å². The number of ether oxygens (including phenoxy) is 1. The van der Waals surface area contributed by atoms with Gasteiger partial charge >= 0.3 is 5.97 Å². The van der Waals surface area contributed by atoms with E-state index >= 15 is 0 Å². The number of benzene rings is 1. The van der Waals surface area contributed by atoms with E-state index in [4.69, 9.17) is 4.74 Å². The number of carbonyl (C=O) groups is 2. The van der Waals surface area contributed by atoms with Crippen molar-refractivity contribution in [1.82, 2.24) is 0 Å². The molecule has 0 aliphatic carbocycles. The molecule has 1 amide bonds. The average Bonchev–Trinajstić information content (AvgIpc) is 2.81. The second-order valence-corrected chi connectivity index (χ2v) is 5.40. The quantitative estimate of drug-likeness (QED) is 0.794. The fourth-order valence-corrected chi connectivity index (χ4v) is 2.41. The highest BCUT2D eigenvalue weighted by Crippen LogP contribution is 2.27. The fourth-order valence-electron chi connectivity index (χ4n) is 2.41. The van der Waals surface area contributed by atoms with Crippen molar-refractivity contribution in [2.45, 2.75) is 33.1 Å². The van der Waals surface area contributed by atoms with E-state index in [2.05, 4.69) is 13.8 Å². The van der Waals surface area contributed by atoms with Crippen molar-refractivity contribution < 1.29 is 14.3 Å². The van der Waals surface area contributed by atoms with E-state index in [9.17, 15) is 9.59 Å². The summed E-state index contributed by atoms with van der Waals surface area (Å²) in [4.78, 5) is 25.4. The van der Waals surface area contributed by atoms with Crippen molar-refractivity contribution in [3.8, 4) is 0 Å². The number of carbonyl (C=O) groups excluding carboxylic acids is 2. The topological polar surface area (TPSA) is 46.6 Å². The first kappa shape index (κ1) is 14.6. The molecule has 108 valence electrons. The molecule has 1 saturated heterocycles. The Morgan fingerprint density at radius 3 is 2.55 bits per heavy atom. The molecule has 0 N–H and O–H groups in total. The third kappa shape index (κ3) is 3.00. The van der Waals surface area contributed by atoms with Crippen LogP contribution in [0.2, 0.25) is 0 Å². The molecule has 1 heterocycles. The van der Waals surface area contributed by atoms with Crippen LogP contribution in [0, 0.1) is 5.92 Å². The summed E-state index contributed by atoms with van der Waals surface area (Å²) in [7, 11) is 0. The first-order valence-corrected chi connectivity index (χ1v) is 7.10. The second-order valence-electron chi connectivity index (χ2n) is 5.40. The van der Waals surface area contributed by atoms with E-state index in [1.54, 1.807) is 11.8 Å². The summed E-state index contributed by atoms with van der Waals surface area (Å²) < 4.78 is 4.99. The van der Waals surface area contributed by atoms with Crippen LogP contribution >= 0.6 is 0 Å². The van der Waals surface area contributed by atoms with Crippen LogP contribution in [0.1, 0.15) is 38.7 Å². The number of anilines is 1. The lowest BCUT2D eigenvalue weighted by molar-refractivity contribution is -0.147. The Kier molecular flexibility index (Phi) is 4.42. The molecule has 0 spiro atoms. The molecule has 1 aromatic rings. The Labute approximate surface area is 119 Å². The molecule has 1 unspecified atom stereocenters. The average molecular weight is 275 g/mol. The van der Waals surface area contributed by atoms with E-state index < -0.39 is 0 Å². The lowest BCUT2D eigenvalue weighted by Crippen LogP contribution is -2.26. The van der Waals surface area contributed by atoms with Gasteiger partial charge in [0.25, 0.3) is 0 Å². The van der Waals surface area contributed by atoms with Crippen LogP contribution in [-0.2, 0) is 14.3 Å². The van der Waals surface area contributed by atoms with Crippen LogP contribution in [0.15, 0.2) is 24.3 Å². The highest BCUT2D eigenvalue weighted by atomic mass is 16.5. The number of hydrogen-bond acceptors (Lipinski definition) is 3. The van der Waals surface area contributed by atoms with Crippen LogP contribution in [0.5, 0.6) is 0 Å². The molecule has 1 fully saturated rings. The Balaban J connectivity index is 2.09. The molecule has 1 aliphatic rings. The molecule has 2 rings (SSSR count). The van der Waals surface area contributed by atoms with Crippen molar-refractivity contribution in [2.75, 3.05) is 18.1 Å². The summed E-state index contributed by atoms with van der Waals surface area (Å²) >= 11 is 0. The fraction of sp³-hybridized carbons (Fsp3) is 0.500. The van der Waals surface area contributed by atoms with E-state index in [1.165, 1.54) is 5.56 Å². The summed E-state index contributed by atoms with van der Waals surface area (Å²) in [6.45, 7) is 6.81. The van der Waals surface area contributed by atoms with Gasteiger partial charge in [-0.25, -0.2) is 0 Å². The number of nitrogens with zero attached hydrogens (tertiary/aromatic N) is 1. The maximum absolute atomic E-state index is 12.0. The van der Waals surface area contributed by atoms with Crippen LogP contribution in [-0.4, -0.2) is 25.0 Å². The van der Waals surface area contributed by atoms with Gasteiger partial charge in [0, 0.05) is 18.7 Å². The summed E-state index contributed by atoms with van der Waals surface area (Å²) in [6, 6.07) is 7.96. The normalized spacial score (nSPS) is 18.7. The highest BCUT2D eigenvalue weighted by molar-refractivity contribution is 5.99. The molecule has 0 bridgehead atoms. The standard InChI is InChI=1S/C16H21NO3/c1-4-20-16(19)13-9-15(18)17(10-13)14-7-5-12(6-8-14)11(2)3/h5-8,11,13H,4,9-10H2,1-3H3. The second kappa shape index (κ2) is 6.07. The number of amides is 1. The summed E-state index contributed by atoms with van der Waals surface area (Å²) in [5.41, 5.74) is 2.09. The third-order valence-electron chi connectivity index (χ3n) is 3.62. The van der Waals surface area contributed by atoms with Crippen molar-refractivity contribution in [3.05, 3.63) is 29.8 Å². The molecular weight excluding hydrogens is 254 g/mol. The van der Waals surface area contributed by atoms with Gasteiger partial charge in [-0.1, -0.05) is 26.0 Å². The zero-order valence-corrected chi connectivity index (χ0v) is 12.3. The van der Waals surface area contributed by atoms with Gasteiger partial charge in [-0.05, 0) is 30.5 Å². The van der Waals surface area contributed by atoms with Crippen LogP contribution in [0.4, 0.5) is 5.69 Å². The maximum atomic E-state index is 12.0. The molecule has 0 radical (unpaired) electrons. The Morgan fingerprint density at radius 1 is 1.35 bits per heavy atom. The maximum Gasteiger partial charge on any atom is 0.311 e. The van der Waals surface area contributed by atoms with Gasteiger partial charge < -0.3 is 9.64 Å². The third-order valence-corrected chi connectivity index (χ3v) is 3.62. The van der Waals surface area contributed by atoms with Crippen LogP contribution in [0.25, 0.3) is 0 Å². The van der Waals surface area contributed by atoms with Gasteiger partial charge in [0.05, 0.1) is 12.5 Å². The SMILES string of the molecule is CCOC(=O)C1CC(=O)N(c2ccc(C(C)C)cc2)C1. The minimum Gasteiger partial charge on any atom is -0.466 e. The highest BCUT2D eigenvalue weighted by Gasteiger charge is 2.35. The van der Waals surface area contributed by atoms with Gasteiger partial charge in [-0.2, -0.15) is 0 Å². The molecule has 1 atom stereocenters. The predicted molar refractivity (Wildman–Crippen MR) is 77.6 cm³/mol. The predicted octanol–water partition coefficient (Wildman–Crippen LogP) is 2.73. The van der Waals surface area contributed by atoms with E-state index in [-0.39, 0.29) is 24.2 Å². The minimum absolute atomic E-state index is 0.0136. The Hall–Kier alpha value is -1.84. The summed E-state index contributed by atoms with van der Waals surface area (Å²) in [5.74, 6) is -0.166. The van der Waals surface area contributed by atoms with Crippen molar-refractivity contribution in [1.29, 1.82) is 0 Å². The molecule has 0 aromatic heterocycles. The Morgan fingerprint density at radius 2 is 2.00 bits per heavy atom. The van der Waals surface area contributed by atoms with Crippen molar-refractivity contribution in [3.63, 3.8) is 0 Å². The lowest BCUT2D eigenvalue weighted by Gasteiger charge is -2.17. The molecule has 1 aromatic carbocycles. The summed E-state index contributed by atoms with van der Waals surface area (Å²) in [6.07, 6.45) is 0.241. The zero-order chi connectivity index (χ0) is 14.7. The number of rotatable bonds is 4. The molecular formula is C16H21NO3. The molecule has 4 heteroatoms. The monoisotopic (exact) mass is 275 g/mol. The van der Waals surface area contributed by atoms with Gasteiger partial charge in [0.2, 0.25) is 5.91 Å². The molecule has 4 nitrogen and oxygen atoms in total.